The molecule has 2 heterocycles. The molecule has 1 aromatic heterocycles. The molecule has 8 heteroatoms. The summed E-state index contributed by atoms with van der Waals surface area (Å²) >= 11 is 0. The van der Waals surface area contributed by atoms with Crippen LogP contribution in [0.3, 0.4) is 0 Å². The van der Waals surface area contributed by atoms with Crippen LogP contribution in [-0.2, 0) is 17.9 Å². The molecule has 3 rings (SSSR count). The van der Waals surface area contributed by atoms with Gasteiger partial charge in [-0.3, -0.25) is 9.59 Å². The fraction of sp³-hybridized carbons (Fsp3) is 0.409. The Morgan fingerprint density at radius 1 is 1.07 bits per heavy atom. The zero-order chi connectivity index (χ0) is 21.3. The Balaban J connectivity index is 1.61. The topological polar surface area (TPSA) is 90.2 Å². The number of aliphatic imine (C=N–C) groups is 1. The summed E-state index contributed by atoms with van der Waals surface area (Å²) in [5, 5.41) is 6.18. The summed E-state index contributed by atoms with van der Waals surface area (Å²) in [5.41, 5.74) is 1.55. The highest BCUT2D eigenvalue weighted by Gasteiger charge is 2.20. The third kappa shape index (κ3) is 5.85. The van der Waals surface area contributed by atoms with Gasteiger partial charge in [-0.1, -0.05) is 12.1 Å². The molecule has 160 valence electrons. The zero-order valence-electron chi connectivity index (χ0n) is 17.6. The van der Waals surface area contributed by atoms with Crippen LogP contribution in [0.1, 0.15) is 35.5 Å². The van der Waals surface area contributed by atoms with E-state index in [0.29, 0.717) is 37.5 Å². The van der Waals surface area contributed by atoms with Crippen molar-refractivity contribution in [2.24, 2.45) is 4.99 Å². The minimum Gasteiger partial charge on any atom is -0.467 e. The minimum atomic E-state index is -0.149. The highest BCUT2D eigenvalue weighted by atomic mass is 16.3. The molecule has 1 fully saturated rings. The first-order valence-corrected chi connectivity index (χ1v) is 10.2. The summed E-state index contributed by atoms with van der Waals surface area (Å²) in [7, 11) is 0. The van der Waals surface area contributed by atoms with Crippen LogP contribution in [0.4, 0.5) is 0 Å². The van der Waals surface area contributed by atoms with Crippen molar-refractivity contribution in [2.45, 2.75) is 26.9 Å². The quantitative estimate of drug-likeness (QED) is 0.559. The minimum absolute atomic E-state index is 0.110. The monoisotopic (exact) mass is 411 g/mol. The Morgan fingerprint density at radius 3 is 2.50 bits per heavy atom. The van der Waals surface area contributed by atoms with E-state index in [2.05, 4.69) is 15.5 Å². The first-order chi connectivity index (χ1) is 14.6. The lowest BCUT2D eigenvalue weighted by molar-refractivity contribution is -0.130. The maximum Gasteiger partial charge on any atom is 0.251 e. The van der Waals surface area contributed by atoms with E-state index in [9.17, 15) is 9.59 Å². The van der Waals surface area contributed by atoms with Crippen molar-refractivity contribution in [3.63, 3.8) is 0 Å². The van der Waals surface area contributed by atoms with Gasteiger partial charge in [0.15, 0.2) is 5.96 Å². The molecule has 0 aliphatic carbocycles. The molecule has 2 N–H and O–H groups in total. The van der Waals surface area contributed by atoms with Crippen LogP contribution in [0.5, 0.6) is 0 Å². The van der Waals surface area contributed by atoms with E-state index in [-0.39, 0.29) is 11.8 Å². The molecule has 30 heavy (non-hydrogen) atoms. The number of carbonyl (C=O) groups excluding carboxylic acids is 2. The SMILES string of the molecule is CCNC(=NCc1cccc(C(=O)NCc2ccco2)c1)N1CCN(C(C)=O)CC1. The number of hydrogen-bond donors (Lipinski definition) is 2. The number of carbonyl (C=O) groups is 2. The maximum atomic E-state index is 12.4. The van der Waals surface area contributed by atoms with Gasteiger partial charge < -0.3 is 24.9 Å². The summed E-state index contributed by atoms with van der Waals surface area (Å²) in [6, 6.07) is 11.1. The predicted octanol–water partition coefficient (Wildman–Crippen LogP) is 1.84. The standard InChI is InChI=1S/C22H29N5O3/c1-3-23-22(27-11-9-26(10-12-27)17(2)28)25-15-18-6-4-7-19(14-18)21(29)24-16-20-8-5-13-30-20/h4-8,13-14H,3,9-12,15-16H2,1-2H3,(H,23,25)(H,24,29). The van der Waals surface area contributed by atoms with Gasteiger partial charge >= 0.3 is 0 Å². The lowest BCUT2D eigenvalue weighted by Crippen LogP contribution is -2.53. The van der Waals surface area contributed by atoms with Crippen LogP contribution >= 0.6 is 0 Å². The molecule has 1 saturated heterocycles. The summed E-state index contributed by atoms with van der Waals surface area (Å²) in [6.45, 7) is 8.12. The van der Waals surface area contributed by atoms with Crippen LogP contribution in [0, 0.1) is 0 Å². The van der Waals surface area contributed by atoms with Crippen molar-refractivity contribution in [3.8, 4) is 0 Å². The number of nitrogens with one attached hydrogen (secondary N) is 2. The van der Waals surface area contributed by atoms with Crippen molar-refractivity contribution < 1.29 is 14.0 Å². The third-order valence-electron chi connectivity index (χ3n) is 4.96. The molecule has 8 nitrogen and oxygen atoms in total. The van der Waals surface area contributed by atoms with Crippen molar-refractivity contribution in [1.82, 2.24) is 20.4 Å². The highest BCUT2D eigenvalue weighted by molar-refractivity contribution is 5.94. The number of guanidine groups is 1. The van der Waals surface area contributed by atoms with Gasteiger partial charge in [0.05, 0.1) is 19.4 Å². The fourth-order valence-corrected chi connectivity index (χ4v) is 3.32. The van der Waals surface area contributed by atoms with E-state index in [4.69, 9.17) is 9.41 Å². The van der Waals surface area contributed by atoms with Gasteiger partial charge in [0, 0.05) is 45.2 Å². The number of rotatable bonds is 6. The van der Waals surface area contributed by atoms with E-state index >= 15 is 0 Å². The number of piperazine rings is 1. The average Bonchev–Trinajstić information content (AvgIpc) is 3.29. The zero-order valence-corrected chi connectivity index (χ0v) is 17.6. The van der Waals surface area contributed by atoms with Crippen molar-refractivity contribution >= 4 is 17.8 Å². The molecule has 1 aliphatic rings. The second kappa shape index (κ2) is 10.5. The van der Waals surface area contributed by atoms with Crippen molar-refractivity contribution in [3.05, 3.63) is 59.5 Å². The van der Waals surface area contributed by atoms with Gasteiger partial charge in [-0.15, -0.1) is 0 Å². The first kappa shape index (κ1) is 21.4. The maximum absolute atomic E-state index is 12.4. The van der Waals surface area contributed by atoms with E-state index < -0.39 is 0 Å². The van der Waals surface area contributed by atoms with Crippen LogP contribution in [0.15, 0.2) is 52.1 Å². The Kier molecular flexibility index (Phi) is 7.48. The lowest BCUT2D eigenvalue weighted by Gasteiger charge is -2.36. The molecule has 0 atom stereocenters. The van der Waals surface area contributed by atoms with Crippen LogP contribution in [-0.4, -0.2) is 60.3 Å². The Morgan fingerprint density at radius 2 is 1.83 bits per heavy atom. The molecule has 0 radical (unpaired) electrons. The molecule has 2 amide bonds. The molecule has 1 aromatic carbocycles. The number of benzene rings is 1. The Bertz CT molecular complexity index is 871. The van der Waals surface area contributed by atoms with Gasteiger partial charge in [-0.05, 0) is 36.8 Å². The van der Waals surface area contributed by atoms with E-state index in [1.165, 1.54) is 0 Å². The van der Waals surface area contributed by atoms with Gasteiger partial charge in [0.1, 0.15) is 5.76 Å². The Labute approximate surface area is 176 Å². The number of nitrogens with zero attached hydrogens (tertiary/aromatic N) is 3. The van der Waals surface area contributed by atoms with Crippen LogP contribution in [0.25, 0.3) is 0 Å². The molecular weight excluding hydrogens is 382 g/mol. The van der Waals surface area contributed by atoms with Gasteiger partial charge in [-0.2, -0.15) is 0 Å². The van der Waals surface area contributed by atoms with E-state index in [1.807, 2.05) is 36.1 Å². The molecule has 0 bridgehead atoms. The second-order valence-electron chi connectivity index (χ2n) is 7.13. The van der Waals surface area contributed by atoms with Crippen LogP contribution in [0.2, 0.25) is 0 Å². The molecular formula is C22H29N5O3. The van der Waals surface area contributed by atoms with Gasteiger partial charge in [-0.25, -0.2) is 4.99 Å². The van der Waals surface area contributed by atoms with Crippen molar-refractivity contribution in [2.75, 3.05) is 32.7 Å². The molecule has 0 saturated carbocycles. The second-order valence-corrected chi connectivity index (χ2v) is 7.13. The van der Waals surface area contributed by atoms with E-state index in [0.717, 1.165) is 31.2 Å². The predicted molar refractivity (Wildman–Crippen MR) is 115 cm³/mol. The molecule has 0 spiro atoms. The summed E-state index contributed by atoms with van der Waals surface area (Å²) in [4.78, 5) is 32.7. The third-order valence-corrected chi connectivity index (χ3v) is 4.96. The largest absolute Gasteiger partial charge is 0.467 e. The first-order valence-electron chi connectivity index (χ1n) is 10.2. The van der Waals surface area contributed by atoms with Crippen LogP contribution < -0.4 is 10.6 Å². The number of amides is 2. The Hall–Kier alpha value is -3.29. The van der Waals surface area contributed by atoms with Crippen molar-refractivity contribution in [1.29, 1.82) is 0 Å². The van der Waals surface area contributed by atoms with E-state index in [1.54, 1.807) is 25.3 Å². The van der Waals surface area contributed by atoms with Gasteiger partial charge in [0.2, 0.25) is 5.91 Å². The summed E-state index contributed by atoms with van der Waals surface area (Å²) in [6.07, 6.45) is 1.59. The smallest absolute Gasteiger partial charge is 0.251 e. The lowest BCUT2D eigenvalue weighted by atomic mass is 10.1. The summed E-state index contributed by atoms with van der Waals surface area (Å²) < 4.78 is 5.24. The average molecular weight is 412 g/mol. The molecule has 1 aliphatic heterocycles. The summed E-state index contributed by atoms with van der Waals surface area (Å²) in [5.74, 6) is 1.50. The fourth-order valence-electron chi connectivity index (χ4n) is 3.32. The number of furan rings is 1. The molecule has 0 unspecified atom stereocenters. The molecule has 2 aromatic rings. The highest BCUT2D eigenvalue weighted by Crippen LogP contribution is 2.09. The normalized spacial score (nSPS) is 14.5. The number of hydrogen-bond acceptors (Lipinski definition) is 4. The van der Waals surface area contributed by atoms with Gasteiger partial charge in [0.25, 0.3) is 5.91 Å².